The molecule has 0 atom stereocenters. The number of benzene rings is 2. The number of nitriles is 1. The summed E-state index contributed by atoms with van der Waals surface area (Å²) in [5.74, 6) is 1.62. The van der Waals surface area contributed by atoms with Crippen molar-refractivity contribution in [2.24, 2.45) is 0 Å². The Kier molecular flexibility index (Phi) is 6.79. The van der Waals surface area contributed by atoms with Crippen molar-refractivity contribution >= 4 is 35.0 Å². The quantitative estimate of drug-likeness (QED) is 0.771. The van der Waals surface area contributed by atoms with Gasteiger partial charge in [0.1, 0.15) is 11.8 Å². The highest BCUT2D eigenvalue weighted by Crippen LogP contribution is 2.16. The first-order valence-electron chi connectivity index (χ1n) is 6.94. The second-order valence-corrected chi connectivity index (χ2v) is 6.10. The number of nitrogens with zero attached hydrogens (tertiary/aromatic N) is 1. The van der Waals surface area contributed by atoms with Gasteiger partial charge in [0.2, 0.25) is 5.91 Å². The Morgan fingerprint density at radius 3 is 2.70 bits per heavy atom. The molecule has 4 nitrogen and oxygen atoms in total. The third-order valence-electron chi connectivity index (χ3n) is 2.86. The van der Waals surface area contributed by atoms with Gasteiger partial charge in [0.15, 0.2) is 0 Å². The Morgan fingerprint density at radius 1 is 1.22 bits per heavy atom. The topological polar surface area (TPSA) is 62.1 Å². The van der Waals surface area contributed by atoms with Gasteiger partial charge in [-0.25, -0.2) is 0 Å². The van der Waals surface area contributed by atoms with E-state index in [2.05, 4.69) is 5.32 Å². The number of hydrogen-bond acceptors (Lipinski definition) is 4. The minimum Gasteiger partial charge on any atom is -0.493 e. The van der Waals surface area contributed by atoms with Gasteiger partial charge in [0, 0.05) is 10.8 Å². The highest BCUT2D eigenvalue weighted by Gasteiger charge is 2.06. The van der Waals surface area contributed by atoms with Gasteiger partial charge >= 0.3 is 0 Å². The van der Waals surface area contributed by atoms with Crippen LogP contribution in [0.25, 0.3) is 0 Å². The summed E-state index contributed by atoms with van der Waals surface area (Å²) in [5.41, 5.74) is 0.995. The van der Waals surface area contributed by atoms with Crippen molar-refractivity contribution in [3.8, 4) is 11.8 Å². The van der Waals surface area contributed by atoms with Gasteiger partial charge < -0.3 is 10.1 Å². The molecule has 2 aromatic carbocycles. The van der Waals surface area contributed by atoms with Crippen LogP contribution < -0.4 is 10.1 Å². The molecule has 118 valence electrons. The van der Waals surface area contributed by atoms with Crippen LogP contribution in [0.5, 0.6) is 5.75 Å². The van der Waals surface area contributed by atoms with Crippen LogP contribution in [-0.4, -0.2) is 24.0 Å². The first-order chi connectivity index (χ1) is 11.2. The number of nitrogens with one attached hydrogen (secondary N) is 1. The summed E-state index contributed by atoms with van der Waals surface area (Å²) in [6, 6.07) is 16.1. The molecular formula is C17H15ClN2O2S. The van der Waals surface area contributed by atoms with E-state index in [1.54, 1.807) is 48.5 Å². The number of ether oxygens (including phenoxy) is 1. The number of carbonyl (C=O) groups excluding carboxylic acids is 1. The number of rotatable bonds is 7. The average molecular weight is 347 g/mol. The number of para-hydroxylation sites is 1. The van der Waals surface area contributed by atoms with Crippen molar-refractivity contribution in [1.29, 1.82) is 5.26 Å². The molecule has 0 aliphatic carbocycles. The second-order valence-electron chi connectivity index (χ2n) is 4.56. The maximum absolute atomic E-state index is 11.9. The smallest absolute Gasteiger partial charge is 0.234 e. The molecule has 0 radical (unpaired) electrons. The van der Waals surface area contributed by atoms with Crippen LogP contribution in [0.1, 0.15) is 5.56 Å². The van der Waals surface area contributed by atoms with Crippen LogP contribution in [0.4, 0.5) is 5.69 Å². The van der Waals surface area contributed by atoms with E-state index in [1.165, 1.54) is 11.8 Å². The van der Waals surface area contributed by atoms with Crippen LogP contribution in [0.15, 0.2) is 48.5 Å². The van der Waals surface area contributed by atoms with E-state index in [9.17, 15) is 4.79 Å². The summed E-state index contributed by atoms with van der Waals surface area (Å²) in [7, 11) is 0. The standard InChI is InChI=1S/C17H15ClN2O2S/c18-14-5-7-15(8-6-14)22-9-10-23-12-17(21)20-16-4-2-1-3-13(16)11-19/h1-8H,9-10,12H2,(H,20,21). The molecule has 0 unspecified atom stereocenters. The molecule has 0 aliphatic heterocycles. The fraction of sp³-hybridized carbons (Fsp3) is 0.176. The van der Waals surface area contributed by atoms with E-state index in [0.29, 0.717) is 34.4 Å². The molecule has 0 fully saturated rings. The molecule has 0 bridgehead atoms. The number of carbonyl (C=O) groups is 1. The lowest BCUT2D eigenvalue weighted by molar-refractivity contribution is -0.113. The van der Waals surface area contributed by atoms with Crippen LogP contribution in [0, 0.1) is 11.3 Å². The lowest BCUT2D eigenvalue weighted by Gasteiger charge is -2.08. The zero-order chi connectivity index (χ0) is 16.5. The maximum Gasteiger partial charge on any atom is 0.234 e. The van der Waals surface area contributed by atoms with Crippen molar-refractivity contribution in [2.45, 2.75) is 0 Å². The van der Waals surface area contributed by atoms with Crippen molar-refractivity contribution in [3.63, 3.8) is 0 Å². The van der Waals surface area contributed by atoms with Crippen molar-refractivity contribution < 1.29 is 9.53 Å². The average Bonchev–Trinajstić information content (AvgIpc) is 2.57. The molecule has 0 heterocycles. The number of hydrogen-bond donors (Lipinski definition) is 1. The summed E-state index contributed by atoms with van der Waals surface area (Å²) in [4.78, 5) is 11.9. The van der Waals surface area contributed by atoms with Gasteiger partial charge in [-0.05, 0) is 36.4 Å². The van der Waals surface area contributed by atoms with Crippen molar-refractivity contribution in [3.05, 3.63) is 59.1 Å². The van der Waals surface area contributed by atoms with E-state index in [0.717, 1.165) is 5.75 Å². The largest absolute Gasteiger partial charge is 0.493 e. The summed E-state index contributed by atoms with van der Waals surface area (Å²) in [6.07, 6.45) is 0. The van der Waals surface area contributed by atoms with E-state index >= 15 is 0 Å². The minimum absolute atomic E-state index is 0.135. The molecule has 1 N–H and O–H groups in total. The highest BCUT2D eigenvalue weighted by atomic mass is 35.5. The molecular weight excluding hydrogens is 332 g/mol. The molecule has 6 heteroatoms. The molecule has 2 rings (SSSR count). The molecule has 0 aromatic heterocycles. The zero-order valence-electron chi connectivity index (χ0n) is 12.3. The van der Waals surface area contributed by atoms with E-state index in [4.69, 9.17) is 21.6 Å². The Bertz CT molecular complexity index is 698. The van der Waals surface area contributed by atoms with Crippen LogP contribution in [-0.2, 0) is 4.79 Å². The molecule has 1 amide bonds. The van der Waals surface area contributed by atoms with Crippen molar-refractivity contribution in [2.75, 3.05) is 23.4 Å². The molecule has 0 saturated heterocycles. The number of amides is 1. The first kappa shape index (κ1) is 17.2. The van der Waals surface area contributed by atoms with Crippen LogP contribution in [0.2, 0.25) is 5.02 Å². The molecule has 23 heavy (non-hydrogen) atoms. The predicted molar refractivity (Wildman–Crippen MR) is 94.1 cm³/mol. The summed E-state index contributed by atoms with van der Waals surface area (Å²) in [6.45, 7) is 0.508. The number of halogens is 1. The predicted octanol–water partition coefficient (Wildman–Crippen LogP) is 3.96. The first-order valence-corrected chi connectivity index (χ1v) is 8.47. The highest BCUT2D eigenvalue weighted by molar-refractivity contribution is 7.99. The fourth-order valence-corrected chi connectivity index (χ4v) is 2.52. The number of anilines is 1. The lowest BCUT2D eigenvalue weighted by Crippen LogP contribution is -2.16. The summed E-state index contributed by atoms with van der Waals surface area (Å²) in [5, 5.41) is 12.4. The Balaban J connectivity index is 1.67. The third-order valence-corrected chi connectivity index (χ3v) is 4.04. The van der Waals surface area contributed by atoms with Gasteiger partial charge in [-0.15, -0.1) is 11.8 Å². The number of thioether (sulfide) groups is 1. The molecule has 2 aromatic rings. The third kappa shape index (κ3) is 5.85. The monoisotopic (exact) mass is 346 g/mol. The Morgan fingerprint density at radius 2 is 1.96 bits per heavy atom. The van der Waals surface area contributed by atoms with Gasteiger partial charge in [-0.3, -0.25) is 4.79 Å². The molecule has 0 spiro atoms. The maximum atomic E-state index is 11.9. The van der Waals surface area contributed by atoms with Gasteiger partial charge in [0.25, 0.3) is 0 Å². The summed E-state index contributed by atoms with van der Waals surface area (Å²) < 4.78 is 5.54. The van der Waals surface area contributed by atoms with Gasteiger partial charge in [-0.1, -0.05) is 23.7 Å². The second kappa shape index (κ2) is 9.09. The minimum atomic E-state index is -0.135. The van der Waals surface area contributed by atoms with Crippen molar-refractivity contribution in [1.82, 2.24) is 0 Å². The van der Waals surface area contributed by atoms with Gasteiger partial charge in [-0.2, -0.15) is 5.26 Å². The van der Waals surface area contributed by atoms with E-state index in [1.807, 2.05) is 6.07 Å². The Hall–Kier alpha value is -2.16. The van der Waals surface area contributed by atoms with Crippen LogP contribution >= 0.6 is 23.4 Å². The zero-order valence-corrected chi connectivity index (χ0v) is 13.9. The molecule has 0 aliphatic rings. The normalized spacial score (nSPS) is 9.91. The van der Waals surface area contributed by atoms with E-state index < -0.39 is 0 Å². The van der Waals surface area contributed by atoms with E-state index in [-0.39, 0.29) is 5.91 Å². The Labute approximate surface area is 144 Å². The lowest BCUT2D eigenvalue weighted by atomic mass is 10.2. The SMILES string of the molecule is N#Cc1ccccc1NC(=O)CSCCOc1ccc(Cl)cc1. The fourth-order valence-electron chi connectivity index (χ4n) is 1.79. The summed E-state index contributed by atoms with van der Waals surface area (Å²) >= 11 is 7.26. The van der Waals surface area contributed by atoms with Crippen LogP contribution in [0.3, 0.4) is 0 Å². The molecule has 0 saturated carbocycles. The van der Waals surface area contributed by atoms with Gasteiger partial charge in [0.05, 0.1) is 23.6 Å².